The lowest BCUT2D eigenvalue weighted by Gasteiger charge is -2.10. The molecule has 3 aromatic rings. The predicted octanol–water partition coefficient (Wildman–Crippen LogP) is 4.16. The number of aliphatic hydroxyl groups is 1. The zero-order valence-corrected chi connectivity index (χ0v) is 14.2. The van der Waals surface area contributed by atoms with E-state index in [1.807, 2.05) is 19.1 Å². The molecule has 0 fully saturated rings. The Morgan fingerprint density at radius 2 is 1.92 bits per heavy atom. The van der Waals surface area contributed by atoms with Crippen LogP contribution in [-0.2, 0) is 11.3 Å². The van der Waals surface area contributed by atoms with Crippen LogP contribution in [0.15, 0.2) is 42.5 Å². The van der Waals surface area contributed by atoms with Crippen molar-refractivity contribution in [3.63, 3.8) is 0 Å². The van der Waals surface area contributed by atoms with Gasteiger partial charge in [0.05, 0.1) is 0 Å². The Morgan fingerprint density at radius 3 is 2.67 bits per heavy atom. The van der Waals surface area contributed by atoms with E-state index in [1.54, 1.807) is 0 Å². The summed E-state index contributed by atoms with van der Waals surface area (Å²) >= 11 is 0. The van der Waals surface area contributed by atoms with E-state index in [2.05, 4.69) is 47.1 Å². The van der Waals surface area contributed by atoms with E-state index < -0.39 is 0 Å². The molecule has 1 atom stereocenters. The van der Waals surface area contributed by atoms with Crippen LogP contribution in [0.25, 0.3) is 21.8 Å². The van der Waals surface area contributed by atoms with E-state index >= 15 is 0 Å². The van der Waals surface area contributed by atoms with Gasteiger partial charge in [-0.05, 0) is 43.5 Å². The van der Waals surface area contributed by atoms with Crippen LogP contribution in [0.5, 0.6) is 0 Å². The zero-order valence-electron chi connectivity index (χ0n) is 14.2. The van der Waals surface area contributed by atoms with Crippen molar-refractivity contribution in [3.8, 4) is 0 Å². The molecule has 24 heavy (non-hydrogen) atoms. The first-order valence-corrected chi connectivity index (χ1v) is 8.55. The normalized spacial score (nSPS) is 12.6. The summed E-state index contributed by atoms with van der Waals surface area (Å²) in [7, 11) is 0. The molecule has 2 aromatic carbocycles. The quantitative estimate of drug-likeness (QED) is 0.715. The monoisotopic (exact) mass is 324 g/mol. The summed E-state index contributed by atoms with van der Waals surface area (Å²) in [5, 5.41) is 14.3. The Kier molecular flexibility index (Phi) is 4.86. The third kappa shape index (κ3) is 3.15. The van der Waals surface area contributed by atoms with E-state index in [-0.39, 0.29) is 18.4 Å². The van der Waals surface area contributed by atoms with Crippen LogP contribution in [0.2, 0.25) is 0 Å². The highest BCUT2D eigenvalue weighted by Gasteiger charge is 2.12. The fraction of sp³-hybridized carbons (Fsp3) is 0.350. The lowest BCUT2D eigenvalue weighted by molar-refractivity contribution is -0.117. The maximum absolute atomic E-state index is 12.2. The van der Waals surface area contributed by atoms with E-state index in [1.165, 1.54) is 16.4 Å². The molecule has 0 aliphatic carbocycles. The van der Waals surface area contributed by atoms with Crippen LogP contribution in [0, 0.1) is 5.92 Å². The highest BCUT2D eigenvalue weighted by molar-refractivity contribution is 6.09. The maximum Gasteiger partial charge on any atom is 0.224 e. The number of fused-ring (bicyclic) bond motifs is 3. The van der Waals surface area contributed by atoms with Gasteiger partial charge in [0.15, 0.2) is 0 Å². The molecule has 1 aromatic heterocycles. The van der Waals surface area contributed by atoms with Crippen LogP contribution in [0.1, 0.15) is 26.7 Å². The summed E-state index contributed by atoms with van der Waals surface area (Å²) in [6.45, 7) is 5.16. The summed E-state index contributed by atoms with van der Waals surface area (Å²) in [5.41, 5.74) is 3.23. The van der Waals surface area contributed by atoms with Crippen molar-refractivity contribution in [2.45, 2.75) is 33.2 Å². The van der Waals surface area contributed by atoms with Crippen LogP contribution in [0.3, 0.4) is 0 Å². The Balaban J connectivity index is 1.91. The SMILES string of the molecule is CCn1c2ccccc2c2cc(NC(=O)C[C@@H](C)CCO)ccc21. The average molecular weight is 324 g/mol. The average Bonchev–Trinajstić information content (AvgIpc) is 2.88. The van der Waals surface area contributed by atoms with Crippen molar-refractivity contribution in [2.24, 2.45) is 5.92 Å². The van der Waals surface area contributed by atoms with Gasteiger partial charge in [-0.2, -0.15) is 0 Å². The largest absolute Gasteiger partial charge is 0.396 e. The van der Waals surface area contributed by atoms with Gasteiger partial charge in [0.1, 0.15) is 0 Å². The van der Waals surface area contributed by atoms with Crippen molar-refractivity contribution < 1.29 is 9.90 Å². The topological polar surface area (TPSA) is 54.3 Å². The molecule has 0 aliphatic heterocycles. The van der Waals surface area contributed by atoms with Crippen LogP contribution < -0.4 is 5.32 Å². The number of carbonyl (C=O) groups excluding carboxylic acids is 1. The molecule has 0 bridgehead atoms. The number of aryl methyl sites for hydroxylation is 1. The van der Waals surface area contributed by atoms with Gasteiger partial charge in [0.25, 0.3) is 0 Å². The smallest absolute Gasteiger partial charge is 0.224 e. The summed E-state index contributed by atoms with van der Waals surface area (Å²) < 4.78 is 2.29. The van der Waals surface area contributed by atoms with Crippen molar-refractivity contribution in [3.05, 3.63) is 42.5 Å². The minimum Gasteiger partial charge on any atom is -0.396 e. The molecule has 0 saturated carbocycles. The zero-order chi connectivity index (χ0) is 17.1. The number of nitrogens with zero attached hydrogens (tertiary/aromatic N) is 1. The van der Waals surface area contributed by atoms with Crippen molar-refractivity contribution in [2.75, 3.05) is 11.9 Å². The van der Waals surface area contributed by atoms with Gasteiger partial charge in [-0.15, -0.1) is 0 Å². The lowest BCUT2D eigenvalue weighted by atomic mass is 10.0. The van der Waals surface area contributed by atoms with E-state index in [9.17, 15) is 4.79 Å². The number of para-hydroxylation sites is 1. The van der Waals surface area contributed by atoms with Crippen molar-refractivity contribution in [1.82, 2.24) is 4.57 Å². The maximum atomic E-state index is 12.2. The molecule has 0 aliphatic rings. The predicted molar refractivity (Wildman–Crippen MR) is 99.2 cm³/mol. The Bertz CT molecular complexity index is 867. The molecular weight excluding hydrogens is 300 g/mol. The Hall–Kier alpha value is -2.33. The van der Waals surface area contributed by atoms with E-state index in [0.29, 0.717) is 12.8 Å². The lowest BCUT2D eigenvalue weighted by Crippen LogP contribution is -2.15. The summed E-state index contributed by atoms with van der Waals surface area (Å²) in [6.07, 6.45) is 1.08. The first-order chi connectivity index (χ1) is 11.6. The molecule has 3 rings (SSSR count). The number of aliphatic hydroxyl groups excluding tert-OH is 1. The van der Waals surface area contributed by atoms with Gasteiger partial charge < -0.3 is 15.0 Å². The second-order valence-corrected chi connectivity index (χ2v) is 6.36. The number of hydrogen-bond acceptors (Lipinski definition) is 2. The van der Waals surface area contributed by atoms with Gasteiger partial charge in [-0.25, -0.2) is 0 Å². The first-order valence-electron chi connectivity index (χ1n) is 8.55. The standard InChI is InChI=1S/C20H24N2O2/c1-3-22-18-7-5-4-6-16(18)17-13-15(8-9-19(17)22)21-20(24)12-14(2)10-11-23/h4-9,13-14,23H,3,10-12H2,1-2H3,(H,21,24)/t14-/m0/s1. The molecule has 2 N–H and O–H groups in total. The Morgan fingerprint density at radius 1 is 1.17 bits per heavy atom. The van der Waals surface area contributed by atoms with Gasteiger partial charge in [-0.3, -0.25) is 4.79 Å². The minimum atomic E-state index is -0.00507. The fourth-order valence-corrected chi connectivity index (χ4v) is 3.32. The second kappa shape index (κ2) is 7.05. The number of amides is 1. The van der Waals surface area contributed by atoms with E-state index in [0.717, 1.165) is 17.6 Å². The minimum absolute atomic E-state index is 0.00507. The molecule has 126 valence electrons. The third-order valence-electron chi connectivity index (χ3n) is 4.53. The van der Waals surface area contributed by atoms with Crippen molar-refractivity contribution >= 4 is 33.4 Å². The number of rotatable bonds is 6. The molecule has 0 unspecified atom stereocenters. The molecule has 0 spiro atoms. The number of benzene rings is 2. The molecule has 4 nitrogen and oxygen atoms in total. The van der Waals surface area contributed by atoms with Crippen LogP contribution >= 0.6 is 0 Å². The second-order valence-electron chi connectivity index (χ2n) is 6.36. The number of carbonyl (C=O) groups is 1. The van der Waals surface area contributed by atoms with Gasteiger partial charge in [0.2, 0.25) is 5.91 Å². The van der Waals surface area contributed by atoms with Crippen LogP contribution in [0.4, 0.5) is 5.69 Å². The number of hydrogen-bond donors (Lipinski definition) is 2. The fourth-order valence-electron chi connectivity index (χ4n) is 3.32. The molecule has 0 saturated heterocycles. The number of nitrogens with one attached hydrogen (secondary N) is 1. The third-order valence-corrected chi connectivity index (χ3v) is 4.53. The first kappa shape index (κ1) is 16.5. The molecule has 1 heterocycles. The Labute approximate surface area is 142 Å². The van der Waals surface area contributed by atoms with Gasteiger partial charge >= 0.3 is 0 Å². The molecule has 4 heteroatoms. The number of aromatic nitrogens is 1. The number of anilines is 1. The van der Waals surface area contributed by atoms with Gasteiger partial charge in [0, 0.05) is 47.1 Å². The molecule has 0 radical (unpaired) electrons. The van der Waals surface area contributed by atoms with Crippen LogP contribution in [-0.4, -0.2) is 22.2 Å². The summed E-state index contributed by atoms with van der Waals surface area (Å²) in [4.78, 5) is 12.2. The molecular formula is C20H24N2O2. The summed E-state index contributed by atoms with van der Waals surface area (Å²) in [5.74, 6) is 0.176. The summed E-state index contributed by atoms with van der Waals surface area (Å²) in [6, 6.07) is 14.4. The molecule has 1 amide bonds. The highest BCUT2D eigenvalue weighted by atomic mass is 16.3. The van der Waals surface area contributed by atoms with Crippen molar-refractivity contribution in [1.29, 1.82) is 0 Å². The van der Waals surface area contributed by atoms with Gasteiger partial charge in [-0.1, -0.05) is 25.1 Å². The highest BCUT2D eigenvalue weighted by Crippen LogP contribution is 2.31. The van der Waals surface area contributed by atoms with E-state index in [4.69, 9.17) is 5.11 Å².